The lowest BCUT2D eigenvalue weighted by atomic mass is 9.78. The van der Waals surface area contributed by atoms with E-state index in [0.29, 0.717) is 23.1 Å². The minimum absolute atomic E-state index is 0.145. The number of anilines is 1. The average molecular weight is 512 g/mol. The van der Waals surface area contributed by atoms with Crippen molar-refractivity contribution in [1.82, 2.24) is 19.8 Å². The molecule has 1 spiro atoms. The molecule has 8 nitrogen and oxygen atoms in total. The molecule has 1 aliphatic carbocycles. The number of hydrogen-bond acceptors (Lipinski definition) is 6. The molecule has 4 heterocycles. The van der Waals surface area contributed by atoms with Crippen LogP contribution in [0.2, 0.25) is 5.02 Å². The molecule has 1 saturated carbocycles. The molecule has 0 aromatic carbocycles. The van der Waals surface area contributed by atoms with Crippen LogP contribution in [0, 0.1) is 5.41 Å². The largest absolute Gasteiger partial charge is 0.393 e. The number of aromatic nitrogens is 2. The zero-order valence-corrected chi connectivity index (χ0v) is 21.7. The standard InChI is InChI=1S/C27H34ClN5O3/c1-31(2)25(35)23-9-4-18(15-29-23)19-14-22(28)24(30-16-19)32-12-3-10-27(17-32)11-13-33(26(27)36)20-5-7-21(34)8-6-20/h4,9,14-16,20-21,34H,3,5-8,10-13,17H2,1-2H3/t20?,21?,27-/m1/s1. The van der Waals surface area contributed by atoms with Crippen LogP contribution in [0.3, 0.4) is 0 Å². The van der Waals surface area contributed by atoms with Crippen molar-refractivity contribution >= 4 is 29.2 Å². The van der Waals surface area contributed by atoms with Crippen LogP contribution in [0.4, 0.5) is 5.82 Å². The van der Waals surface area contributed by atoms with E-state index in [-0.39, 0.29) is 29.4 Å². The Morgan fingerprint density at radius 2 is 1.83 bits per heavy atom. The van der Waals surface area contributed by atoms with Crippen molar-refractivity contribution in [2.45, 2.75) is 57.1 Å². The molecule has 2 aliphatic heterocycles. The fourth-order valence-corrected chi connectivity index (χ4v) is 6.28. The van der Waals surface area contributed by atoms with E-state index in [2.05, 4.69) is 14.8 Å². The Kier molecular flexibility index (Phi) is 6.92. The molecule has 2 amide bonds. The second kappa shape index (κ2) is 9.98. The number of hydrogen-bond donors (Lipinski definition) is 1. The van der Waals surface area contributed by atoms with Gasteiger partial charge in [0, 0.05) is 63.3 Å². The number of halogens is 1. The topological polar surface area (TPSA) is 89.9 Å². The molecule has 2 aromatic rings. The van der Waals surface area contributed by atoms with E-state index in [1.54, 1.807) is 32.6 Å². The van der Waals surface area contributed by atoms with Gasteiger partial charge in [-0.3, -0.25) is 14.6 Å². The number of aliphatic hydroxyl groups is 1. The molecular weight excluding hydrogens is 478 g/mol. The molecule has 1 N–H and O–H groups in total. The first kappa shape index (κ1) is 25.0. The van der Waals surface area contributed by atoms with Crippen LogP contribution in [0.15, 0.2) is 30.6 Å². The lowest BCUT2D eigenvalue weighted by molar-refractivity contribution is -0.139. The van der Waals surface area contributed by atoms with Gasteiger partial charge in [0.25, 0.3) is 5.91 Å². The number of rotatable bonds is 4. The van der Waals surface area contributed by atoms with Crippen molar-refractivity contribution in [3.05, 3.63) is 41.3 Å². The van der Waals surface area contributed by atoms with Gasteiger partial charge in [-0.1, -0.05) is 17.7 Å². The summed E-state index contributed by atoms with van der Waals surface area (Å²) in [5.74, 6) is 0.826. The van der Waals surface area contributed by atoms with Crippen LogP contribution in [-0.4, -0.2) is 82.6 Å². The first-order valence-corrected chi connectivity index (χ1v) is 13.2. The van der Waals surface area contributed by atoms with Gasteiger partial charge < -0.3 is 19.8 Å². The van der Waals surface area contributed by atoms with E-state index in [4.69, 9.17) is 16.6 Å². The molecule has 192 valence electrons. The van der Waals surface area contributed by atoms with Gasteiger partial charge in [0.05, 0.1) is 16.5 Å². The monoisotopic (exact) mass is 511 g/mol. The summed E-state index contributed by atoms with van der Waals surface area (Å²) < 4.78 is 0. The zero-order valence-electron chi connectivity index (χ0n) is 21.0. The second-order valence-electron chi connectivity index (χ2n) is 10.7. The van der Waals surface area contributed by atoms with Crippen LogP contribution >= 0.6 is 11.6 Å². The summed E-state index contributed by atoms with van der Waals surface area (Å²) in [6.07, 6.45) is 9.25. The van der Waals surface area contributed by atoms with Crippen LogP contribution in [0.25, 0.3) is 11.1 Å². The molecule has 2 saturated heterocycles. The number of likely N-dealkylation sites (tertiary alicyclic amines) is 1. The van der Waals surface area contributed by atoms with Crippen molar-refractivity contribution < 1.29 is 14.7 Å². The van der Waals surface area contributed by atoms with E-state index in [0.717, 1.165) is 69.2 Å². The van der Waals surface area contributed by atoms with Crippen molar-refractivity contribution in [1.29, 1.82) is 0 Å². The predicted octanol–water partition coefficient (Wildman–Crippen LogP) is 3.62. The van der Waals surface area contributed by atoms with Crippen molar-refractivity contribution in [3.63, 3.8) is 0 Å². The van der Waals surface area contributed by atoms with Crippen LogP contribution in [0.1, 0.15) is 55.4 Å². The molecule has 5 rings (SSSR count). The number of amides is 2. The Labute approximate surface area is 217 Å². The number of carbonyl (C=O) groups is 2. The quantitative estimate of drug-likeness (QED) is 0.674. The summed E-state index contributed by atoms with van der Waals surface area (Å²) in [5, 5.41) is 10.4. The van der Waals surface area contributed by atoms with Gasteiger partial charge in [-0.25, -0.2) is 4.98 Å². The van der Waals surface area contributed by atoms with Crippen molar-refractivity contribution in [2.75, 3.05) is 38.6 Å². The van der Waals surface area contributed by atoms with Crippen LogP contribution < -0.4 is 4.90 Å². The van der Waals surface area contributed by atoms with Gasteiger partial charge in [-0.15, -0.1) is 0 Å². The fourth-order valence-electron chi connectivity index (χ4n) is 6.00. The lowest BCUT2D eigenvalue weighted by Crippen LogP contribution is -2.50. The molecule has 2 aromatic heterocycles. The molecule has 0 unspecified atom stereocenters. The first-order chi connectivity index (χ1) is 17.3. The Morgan fingerprint density at radius 3 is 2.50 bits per heavy atom. The van der Waals surface area contributed by atoms with E-state index in [9.17, 15) is 14.7 Å². The molecule has 36 heavy (non-hydrogen) atoms. The van der Waals surface area contributed by atoms with E-state index < -0.39 is 0 Å². The third-order valence-electron chi connectivity index (χ3n) is 8.07. The summed E-state index contributed by atoms with van der Waals surface area (Å²) in [6.45, 7) is 2.25. The number of carbonyl (C=O) groups excluding carboxylic acids is 2. The van der Waals surface area contributed by atoms with E-state index >= 15 is 0 Å². The second-order valence-corrected chi connectivity index (χ2v) is 11.1. The zero-order chi connectivity index (χ0) is 25.4. The molecule has 9 heteroatoms. The highest BCUT2D eigenvalue weighted by Crippen LogP contribution is 2.44. The number of nitrogens with zero attached hydrogens (tertiary/aromatic N) is 5. The minimum atomic E-state index is -0.378. The molecule has 3 fully saturated rings. The summed E-state index contributed by atoms with van der Waals surface area (Å²) in [4.78, 5) is 40.5. The van der Waals surface area contributed by atoms with Gasteiger partial charge in [0.1, 0.15) is 11.5 Å². The number of pyridine rings is 2. The summed E-state index contributed by atoms with van der Waals surface area (Å²) in [6, 6.07) is 5.69. The highest BCUT2D eigenvalue weighted by atomic mass is 35.5. The predicted molar refractivity (Wildman–Crippen MR) is 139 cm³/mol. The molecule has 3 aliphatic rings. The van der Waals surface area contributed by atoms with Crippen LogP contribution in [0.5, 0.6) is 0 Å². The minimum Gasteiger partial charge on any atom is -0.393 e. The van der Waals surface area contributed by atoms with Crippen molar-refractivity contribution in [2.24, 2.45) is 5.41 Å². The normalized spacial score (nSPS) is 26.5. The third-order valence-corrected chi connectivity index (χ3v) is 8.35. The molecule has 0 radical (unpaired) electrons. The smallest absolute Gasteiger partial charge is 0.271 e. The maximum atomic E-state index is 13.6. The number of piperidine rings is 1. The molecular formula is C27H34ClN5O3. The Hall–Kier alpha value is -2.71. The molecule has 1 atom stereocenters. The van der Waals surface area contributed by atoms with Gasteiger partial charge in [-0.2, -0.15) is 0 Å². The highest BCUT2D eigenvalue weighted by Gasteiger charge is 2.51. The number of aliphatic hydroxyl groups excluding tert-OH is 1. The maximum absolute atomic E-state index is 13.6. The van der Waals surface area contributed by atoms with E-state index in [1.165, 1.54) is 4.90 Å². The Morgan fingerprint density at radius 1 is 1.08 bits per heavy atom. The van der Waals surface area contributed by atoms with E-state index in [1.807, 2.05) is 12.1 Å². The van der Waals surface area contributed by atoms with Gasteiger partial charge in [0.15, 0.2) is 0 Å². The summed E-state index contributed by atoms with van der Waals surface area (Å²) in [5.41, 5.74) is 1.67. The Balaban J connectivity index is 1.30. The van der Waals surface area contributed by atoms with Crippen molar-refractivity contribution in [3.8, 4) is 11.1 Å². The molecule has 0 bridgehead atoms. The first-order valence-electron chi connectivity index (χ1n) is 12.9. The summed E-state index contributed by atoms with van der Waals surface area (Å²) in [7, 11) is 3.39. The average Bonchev–Trinajstić information content (AvgIpc) is 3.19. The highest BCUT2D eigenvalue weighted by molar-refractivity contribution is 6.33. The van der Waals surface area contributed by atoms with Gasteiger partial charge >= 0.3 is 0 Å². The lowest BCUT2D eigenvalue weighted by Gasteiger charge is -2.41. The van der Waals surface area contributed by atoms with Gasteiger partial charge in [0.2, 0.25) is 5.91 Å². The van der Waals surface area contributed by atoms with Crippen LogP contribution in [-0.2, 0) is 4.79 Å². The SMILES string of the molecule is CN(C)C(=O)c1ccc(-c2cnc(N3CCC[C@@]4(CCN(C5CCC(O)CC5)C4=O)C3)c(Cl)c2)cn1. The fraction of sp³-hybridized carbons (Fsp3) is 0.556. The maximum Gasteiger partial charge on any atom is 0.271 e. The third kappa shape index (κ3) is 4.68. The Bertz CT molecular complexity index is 1130. The van der Waals surface area contributed by atoms with Gasteiger partial charge in [-0.05, 0) is 57.1 Å². The summed E-state index contributed by atoms with van der Waals surface area (Å²) >= 11 is 6.73.